The van der Waals surface area contributed by atoms with Crippen LogP contribution in [0.1, 0.15) is 22.0 Å². The molecule has 1 aliphatic heterocycles. The minimum atomic E-state index is -4.88. The predicted molar refractivity (Wildman–Crippen MR) is 53.1 cm³/mol. The molecule has 0 unspecified atom stereocenters. The third-order valence-electron chi connectivity index (χ3n) is 2.84. The van der Waals surface area contributed by atoms with Crippen LogP contribution >= 0.6 is 0 Å². The molecule has 8 heteroatoms. The van der Waals surface area contributed by atoms with E-state index in [-0.39, 0.29) is 24.7 Å². The number of alkyl halides is 3. The number of halogens is 3. The summed E-state index contributed by atoms with van der Waals surface area (Å²) in [6, 6.07) is 1.50. The number of nitrogens with one attached hydrogen (secondary N) is 1. The highest BCUT2D eigenvalue weighted by atomic mass is 19.4. The number of H-pyrrole nitrogens is 1. The highest BCUT2D eigenvalue weighted by molar-refractivity contribution is 5.88. The molecule has 0 radical (unpaired) electrons. The molecule has 1 fully saturated rings. The summed E-state index contributed by atoms with van der Waals surface area (Å²) in [5, 5.41) is 8.84. The van der Waals surface area contributed by atoms with Gasteiger partial charge in [0.05, 0.1) is 0 Å². The van der Waals surface area contributed by atoms with Crippen LogP contribution in [-0.4, -0.2) is 46.1 Å². The van der Waals surface area contributed by atoms with Crippen molar-refractivity contribution in [2.45, 2.75) is 12.1 Å². The number of rotatable bonds is 2. The quantitative estimate of drug-likeness (QED) is 0.841. The van der Waals surface area contributed by atoms with Crippen LogP contribution < -0.4 is 0 Å². The highest BCUT2D eigenvalue weighted by Gasteiger charge is 2.47. The zero-order chi connectivity index (χ0) is 13.5. The van der Waals surface area contributed by atoms with Crippen molar-refractivity contribution < 1.29 is 27.9 Å². The van der Waals surface area contributed by atoms with E-state index in [0.29, 0.717) is 10.5 Å². The summed E-state index contributed by atoms with van der Waals surface area (Å²) in [5.74, 6) is -3.42. The largest absolute Gasteiger partial charge is 0.477 e. The van der Waals surface area contributed by atoms with Gasteiger partial charge in [0.1, 0.15) is 5.69 Å². The second-order valence-electron chi connectivity index (χ2n) is 4.02. The summed E-state index contributed by atoms with van der Waals surface area (Å²) in [5.41, 5.74) is 0.382. The van der Waals surface area contributed by atoms with Gasteiger partial charge in [0.15, 0.2) is 0 Å². The lowest BCUT2D eigenvalue weighted by Gasteiger charge is -2.39. The van der Waals surface area contributed by atoms with E-state index in [0.717, 1.165) is 0 Å². The average Bonchev–Trinajstić information content (AvgIpc) is 2.62. The molecule has 1 aromatic heterocycles. The van der Waals surface area contributed by atoms with Crippen molar-refractivity contribution in [1.29, 1.82) is 0 Å². The van der Waals surface area contributed by atoms with Gasteiger partial charge in [-0.1, -0.05) is 0 Å². The maximum absolute atomic E-state index is 12.1. The van der Waals surface area contributed by atoms with E-state index in [4.69, 9.17) is 5.11 Å². The summed E-state index contributed by atoms with van der Waals surface area (Å²) < 4.78 is 36.3. The zero-order valence-electron chi connectivity index (χ0n) is 8.99. The fourth-order valence-electron chi connectivity index (χ4n) is 1.93. The molecular formula is C10H9F3N2O3. The van der Waals surface area contributed by atoms with Crippen LogP contribution in [0.3, 0.4) is 0 Å². The molecule has 2 N–H and O–H groups in total. The molecule has 5 nitrogen and oxygen atoms in total. The molecule has 0 atom stereocenters. The van der Waals surface area contributed by atoms with Gasteiger partial charge < -0.3 is 15.0 Å². The molecular weight excluding hydrogens is 253 g/mol. The van der Waals surface area contributed by atoms with Crippen LogP contribution in [0.2, 0.25) is 0 Å². The number of nitrogens with zero attached hydrogens (tertiary/aromatic N) is 1. The second-order valence-corrected chi connectivity index (χ2v) is 4.02. The number of carbonyl (C=O) groups is 2. The summed E-state index contributed by atoms with van der Waals surface area (Å²) in [7, 11) is 0. The van der Waals surface area contributed by atoms with Gasteiger partial charge in [-0.25, -0.2) is 4.79 Å². The molecule has 0 bridgehead atoms. The monoisotopic (exact) mass is 262 g/mol. The molecule has 0 spiro atoms. The number of carboxylic acids is 1. The van der Waals surface area contributed by atoms with E-state index in [2.05, 4.69) is 4.98 Å². The Morgan fingerprint density at radius 2 is 2.00 bits per heavy atom. The van der Waals surface area contributed by atoms with Crippen molar-refractivity contribution in [1.82, 2.24) is 9.88 Å². The highest BCUT2D eigenvalue weighted by Crippen LogP contribution is 2.32. The van der Waals surface area contributed by atoms with Gasteiger partial charge in [0.2, 0.25) is 0 Å². The Bertz CT molecular complexity index is 489. The number of likely N-dealkylation sites (tertiary alicyclic amines) is 1. The van der Waals surface area contributed by atoms with Crippen molar-refractivity contribution in [3.8, 4) is 0 Å². The molecule has 0 aliphatic carbocycles. The Balaban J connectivity index is 2.03. The Labute approximate surface area is 99.2 Å². The summed E-state index contributed by atoms with van der Waals surface area (Å²) >= 11 is 0. The molecule has 2 heterocycles. The van der Waals surface area contributed by atoms with Crippen molar-refractivity contribution >= 4 is 11.9 Å². The van der Waals surface area contributed by atoms with Crippen molar-refractivity contribution in [2.24, 2.45) is 0 Å². The van der Waals surface area contributed by atoms with Gasteiger partial charge in [-0.3, -0.25) is 4.79 Å². The lowest BCUT2D eigenvalue weighted by atomic mass is 9.91. The number of hydrogen-bond acceptors (Lipinski definition) is 2. The molecule has 1 aliphatic rings. The molecule has 0 saturated carbocycles. The maximum atomic E-state index is 12.1. The number of hydrogen-bond donors (Lipinski definition) is 2. The number of aromatic carboxylic acids is 1. The summed E-state index contributed by atoms with van der Waals surface area (Å²) in [6.07, 6.45) is -3.47. The topological polar surface area (TPSA) is 73.4 Å². The van der Waals surface area contributed by atoms with E-state index in [1.165, 1.54) is 12.3 Å². The van der Waals surface area contributed by atoms with Crippen LogP contribution in [0.4, 0.5) is 13.2 Å². The summed E-state index contributed by atoms with van der Waals surface area (Å²) in [6.45, 7) is -0.229. The van der Waals surface area contributed by atoms with Gasteiger partial charge in [0.25, 0.3) is 0 Å². The lowest BCUT2D eigenvalue weighted by molar-refractivity contribution is -0.189. The first kappa shape index (κ1) is 12.5. The van der Waals surface area contributed by atoms with Crippen LogP contribution in [0, 0.1) is 0 Å². The zero-order valence-corrected chi connectivity index (χ0v) is 8.99. The maximum Gasteiger partial charge on any atom is 0.471 e. The smallest absolute Gasteiger partial charge is 0.471 e. The Hall–Kier alpha value is -1.99. The van der Waals surface area contributed by atoms with Gasteiger partial charge in [-0.15, -0.1) is 0 Å². The van der Waals surface area contributed by atoms with E-state index in [1.807, 2.05) is 0 Å². The van der Waals surface area contributed by atoms with Crippen LogP contribution in [0.15, 0.2) is 12.3 Å². The Morgan fingerprint density at radius 1 is 1.39 bits per heavy atom. The van der Waals surface area contributed by atoms with E-state index in [1.54, 1.807) is 0 Å². The Morgan fingerprint density at radius 3 is 2.50 bits per heavy atom. The molecule has 1 saturated heterocycles. The van der Waals surface area contributed by atoms with Gasteiger partial charge in [-0.2, -0.15) is 13.2 Å². The van der Waals surface area contributed by atoms with E-state index >= 15 is 0 Å². The van der Waals surface area contributed by atoms with Crippen LogP contribution in [0.5, 0.6) is 0 Å². The fourth-order valence-corrected chi connectivity index (χ4v) is 1.93. The standard InChI is InChI=1S/C10H9F3N2O3/c11-10(12,13)9(18)15-3-5(4-15)6-1-2-14-7(6)8(16)17/h1-2,5,14H,3-4H2,(H,16,17). The van der Waals surface area contributed by atoms with E-state index in [9.17, 15) is 22.8 Å². The SMILES string of the molecule is O=C(O)c1[nH]ccc1C1CN(C(=O)C(F)(F)F)C1. The number of amides is 1. The summed E-state index contributed by atoms with van der Waals surface area (Å²) in [4.78, 5) is 24.8. The molecule has 18 heavy (non-hydrogen) atoms. The number of aromatic amines is 1. The Kier molecular flexibility index (Phi) is 2.80. The number of carboxylic acid groups (broad SMARTS) is 1. The molecule has 1 aromatic rings. The van der Waals surface area contributed by atoms with Gasteiger partial charge in [0, 0.05) is 25.2 Å². The van der Waals surface area contributed by atoms with Crippen LogP contribution in [0.25, 0.3) is 0 Å². The lowest BCUT2D eigenvalue weighted by Crippen LogP contribution is -2.53. The normalized spacial score (nSPS) is 16.5. The molecule has 2 rings (SSSR count). The van der Waals surface area contributed by atoms with Gasteiger partial charge >= 0.3 is 18.1 Å². The van der Waals surface area contributed by atoms with Crippen molar-refractivity contribution in [3.05, 3.63) is 23.5 Å². The average molecular weight is 262 g/mol. The number of carbonyl (C=O) groups excluding carboxylic acids is 1. The number of aromatic nitrogens is 1. The molecule has 98 valence electrons. The third kappa shape index (κ3) is 2.05. The first-order chi connectivity index (χ1) is 8.30. The minimum absolute atomic E-state index is 0.0425. The molecule has 0 aromatic carbocycles. The third-order valence-corrected chi connectivity index (χ3v) is 2.84. The van der Waals surface area contributed by atoms with E-state index < -0.39 is 18.1 Å². The minimum Gasteiger partial charge on any atom is -0.477 e. The fraction of sp³-hybridized carbons (Fsp3) is 0.400. The van der Waals surface area contributed by atoms with Gasteiger partial charge in [-0.05, 0) is 11.6 Å². The molecule has 1 amide bonds. The van der Waals surface area contributed by atoms with Crippen molar-refractivity contribution in [3.63, 3.8) is 0 Å². The van der Waals surface area contributed by atoms with Crippen molar-refractivity contribution in [2.75, 3.05) is 13.1 Å². The first-order valence-electron chi connectivity index (χ1n) is 5.07. The first-order valence-corrected chi connectivity index (χ1v) is 5.07. The van der Waals surface area contributed by atoms with Crippen LogP contribution in [-0.2, 0) is 4.79 Å². The second kappa shape index (κ2) is 4.04. The predicted octanol–water partition coefficient (Wildman–Crippen LogP) is 1.20.